The molecule has 1 heterocycles. The van der Waals surface area contributed by atoms with Crippen LogP contribution in [-0.2, 0) is 11.3 Å². The maximum Gasteiger partial charge on any atom is 0.258 e. The second-order valence-electron chi connectivity index (χ2n) is 6.87. The van der Waals surface area contributed by atoms with Gasteiger partial charge in [0.1, 0.15) is 5.75 Å². The van der Waals surface area contributed by atoms with Gasteiger partial charge >= 0.3 is 0 Å². The van der Waals surface area contributed by atoms with Gasteiger partial charge in [-0.1, -0.05) is 65.3 Å². The van der Waals surface area contributed by atoms with Crippen LogP contribution in [0, 0.1) is 6.92 Å². The van der Waals surface area contributed by atoms with E-state index in [0.717, 1.165) is 22.3 Å². The summed E-state index contributed by atoms with van der Waals surface area (Å²) in [6.07, 6.45) is 0. The van der Waals surface area contributed by atoms with E-state index in [4.69, 9.17) is 9.26 Å². The minimum atomic E-state index is -0.176. The van der Waals surface area contributed by atoms with E-state index < -0.39 is 0 Å². The predicted molar refractivity (Wildman–Crippen MR) is 114 cm³/mol. The van der Waals surface area contributed by atoms with Gasteiger partial charge in [-0.05, 0) is 36.8 Å². The van der Waals surface area contributed by atoms with E-state index in [2.05, 4.69) is 15.5 Å². The van der Waals surface area contributed by atoms with Gasteiger partial charge < -0.3 is 14.6 Å². The zero-order chi connectivity index (χ0) is 20.8. The highest BCUT2D eigenvalue weighted by atomic mass is 16.5. The summed E-state index contributed by atoms with van der Waals surface area (Å²) in [4.78, 5) is 16.5. The van der Waals surface area contributed by atoms with Crippen LogP contribution in [0.5, 0.6) is 5.75 Å². The van der Waals surface area contributed by atoms with E-state index >= 15 is 0 Å². The van der Waals surface area contributed by atoms with Gasteiger partial charge in [-0.2, -0.15) is 4.98 Å². The number of nitrogens with one attached hydrogen (secondary N) is 1. The Bertz CT molecular complexity index is 1120. The third-order valence-corrected chi connectivity index (χ3v) is 4.50. The van der Waals surface area contributed by atoms with E-state index in [-0.39, 0.29) is 12.5 Å². The van der Waals surface area contributed by atoms with Crippen LogP contribution >= 0.6 is 0 Å². The number of rotatable bonds is 7. The number of ether oxygens (including phenoxy) is 1. The fourth-order valence-corrected chi connectivity index (χ4v) is 2.96. The minimum Gasteiger partial charge on any atom is -0.484 e. The van der Waals surface area contributed by atoms with Crippen LogP contribution in [0.2, 0.25) is 0 Å². The van der Waals surface area contributed by atoms with Gasteiger partial charge in [0, 0.05) is 17.7 Å². The fraction of sp³-hybridized carbons (Fsp3) is 0.125. The van der Waals surface area contributed by atoms with Gasteiger partial charge in [0.2, 0.25) is 5.82 Å². The molecule has 0 spiro atoms. The van der Waals surface area contributed by atoms with Crippen molar-refractivity contribution in [3.63, 3.8) is 0 Å². The molecule has 3 aromatic carbocycles. The summed E-state index contributed by atoms with van der Waals surface area (Å²) in [6.45, 7) is 2.45. The summed E-state index contributed by atoms with van der Waals surface area (Å²) in [7, 11) is 0. The molecule has 0 saturated carbocycles. The zero-order valence-corrected chi connectivity index (χ0v) is 16.5. The Hall–Kier alpha value is -3.93. The van der Waals surface area contributed by atoms with Crippen LogP contribution in [0.1, 0.15) is 11.1 Å². The first-order valence-corrected chi connectivity index (χ1v) is 9.62. The largest absolute Gasteiger partial charge is 0.484 e. The van der Waals surface area contributed by atoms with Crippen molar-refractivity contribution < 1.29 is 14.1 Å². The maximum absolute atomic E-state index is 12.0. The van der Waals surface area contributed by atoms with Gasteiger partial charge in [-0.25, -0.2) is 0 Å². The number of hydrogen-bond donors (Lipinski definition) is 1. The summed E-state index contributed by atoms with van der Waals surface area (Å²) in [6, 6.07) is 24.8. The summed E-state index contributed by atoms with van der Waals surface area (Å²) in [5.74, 6) is 1.38. The highest BCUT2D eigenvalue weighted by Gasteiger charge is 2.11. The molecule has 6 nitrogen and oxygen atoms in total. The first-order valence-electron chi connectivity index (χ1n) is 9.62. The quantitative estimate of drug-likeness (QED) is 0.498. The average Bonchev–Trinajstić information content (AvgIpc) is 3.28. The zero-order valence-electron chi connectivity index (χ0n) is 16.5. The van der Waals surface area contributed by atoms with E-state index in [1.807, 2.05) is 73.7 Å². The van der Waals surface area contributed by atoms with E-state index in [9.17, 15) is 4.79 Å². The van der Waals surface area contributed by atoms with E-state index in [1.54, 1.807) is 12.1 Å². The molecule has 0 atom stereocenters. The molecule has 0 aliphatic heterocycles. The minimum absolute atomic E-state index is 0.0517. The number of amides is 1. The number of nitrogens with zero attached hydrogens (tertiary/aromatic N) is 2. The van der Waals surface area contributed by atoms with Crippen LogP contribution in [0.25, 0.3) is 22.8 Å². The van der Waals surface area contributed by atoms with Gasteiger partial charge in [-0.3, -0.25) is 4.79 Å². The van der Waals surface area contributed by atoms with Crippen molar-refractivity contribution in [2.75, 3.05) is 6.61 Å². The van der Waals surface area contributed by atoms with Crippen LogP contribution in [0.3, 0.4) is 0 Å². The standard InChI is InChI=1S/C24H21N3O3/c1-17-6-5-7-18(14-17)15-25-22(28)16-29-21-12-10-20(11-13-21)24-26-23(27-30-24)19-8-3-2-4-9-19/h2-14H,15-16H2,1H3,(H,25,28). The number of aryl methyl sites for hydroxylation is 1. The Morgan fingerprint density at radius 1 is 0.967 bits per heavy atom. The second kappa shape index (κ2) is 9.05. The lowest BCUT2D eigenvalue weighted by Crippen LogP contribution is -2.28. The second-order valence-corrected chi connectivity index (χ2v) is 6.87. The van der Waals surface area contributed by atoms with Crippen molar-refractivity contribution in [1.29, 1.82) is 0 Å². The third-order valence-electron chi connectivity index (χ3n) is 4.50. The topological polar surface area (TPSA) is 77.2 Å². The highest BCUT2D eigenvalue weighted by Crippen LogP contribution is 2.24. The smallest absolute Gasteiger partial charge is 0.258 e. The van der Waals surface area contributed by atoms with Crippen molar-refractivity contribution in [1.82, 2.24) is 15.5 Å². The Labute approximate surface area is 174 Å². The number of benzene rings is 3. The maximum atomic E-state index is 12.0. The number of hydrogen-bond acceptors (Lipinski definition) is 5. The molecule has 0 unspecified atom stereocenters. The van der Waals surface area contributed by atoms with Gasteiger partial charge in [0.05, 0.1) is 0 Å². The number of aromatic nitrogens is 2. The first-order chi connectivity index (χ1) is 14.7. The van der Waals surface area contributed by atoms with Crippen LogP contribution in [0.4, 0.5) is 0 Å². The van der Waals surface area contributed by atoms with Gasteiger partial charge in [0.25, 0.3) is 11.8 Å². The van der Waals surface area contributed by atoms with E-state index in [1.165, 1.54) is 0 Å². The Morgan fingerprint density at radius 2 is 1.77 bits per heavy atom. The molecule has 0 aliphatic carbocycles. The molecule has 4 rings (SSSR count). The van der Waals surface area contributed by atoms with Crippen molar-refractivity contribution in [2.24, 2.45) is 0 Å². The molecule has 1 N–H and O–H groups in total. The molecule has 0 fully saturated rings. The first kappa shape index (κ1) is 19.4. The van der Waals surface area contributed by atoms with Crippen LogP contribution in [-0.4, -0.2) is 22.7 Å². The molecular weight excluding hydrogens is 378 g/mol. The SMILES string of the molecule is Cc1cccc(CNC(=O)COc2ccc(-c3nc(-c4ccccc4)no3)cc2)c1. The average molecular weight is 399 g/mol. The van der Waals surface area contributed by atoms with Crippen molar-refractivity contribution in [2.45, 2.75) is 13.5 Å². The summed E-state index contributed by atoms with van der Waals surface area (Å²) in [5.41, 5.74) is 3.89. The number of carbonyl (C=O) groups is 1. The van der Waals surface area contributed by atoms with Crippen molar-refractivity contribution in [3.05, 3.63) is 90.0 Å². The molecule has 0 aliphatic rings. The monoisotopic (exact) mass is 399 g/mol. The summed E-state index contributed by atoms with van der Waals surface area (Å²) in [5, 5.41) is 6.88. The van der Waals surface area contributed by atoms with Gasteiger partial charge in [0.15, 0.2) is 6.61 Å². The summed E-state index contributed by atoms with van der Waals surface area (Å²) < 4.78 is 10.9. The highest BCUT2D eigenvalue weighted by molar-refractivity contribution is 5.77. The molecular formula is C24H21N3O3. The van der Waals surface area contributed by atoms with Crippen molar-refractivity contribution >= 4 is 5.91 Å². The third kappa shape index (κ3) is 4.91. The Morgan fingerprint density at radius 3 is 2.53 bits per heavy atom. The molecule has 4 aromatic rings. The Balaban J connectivity index is 1.31. The molecule has 1 aromatic heterocycles. The molecule has 0 saturated heterocycles. The molecule has 0 radical (unpaired) electrons. The lowest BCUT2D eigenvalue weighted by atomic mass is 10.1. The molecule has 6 heteroatoms. The Kier molecular flexibility index (Phi) is 5.85. The molecule has 0 bridgehead atoms. The van der Waals surface area contributed by atoms with E-state index in [0.29, 0.717) is 24.0 Å². The normalized spacial score (nSPS) is 10.6. The number of carbonyl (C=O) groups excluding carboxylic acids is 1. The van der Waals surface area contributed by atoms with Crippen molar-refractivity contribution in [3.8, 4) is 28.6 Å². The fourth-order valence-electron chi connectivity index (χ4n) is 2.96. The predicted octanol–water partition coefficient (Wildman–Crippen LogP) is 4.41. The molecule has 30 heavy (non-hydrogen) atoms. The lowest BCUT2D eigenvalue weighted by molar-refractivity contribution is -0.123. The van der Waals surface area contributed by atoms with Crippen LogP contribution in [0.15, 0.2) is 83.4 Å². The van der Waals surface area contributed by atoms with Gasteiger partial charge in [-0.15, -0.1) is 0 Å². The summed E-state index contributed by atoms with van der Waals surface area (Å²) >= 11 is 0. The molecule has 1 amide bonds. The molecule has 150 valence electrons. The lowest BCUT2D eigenvalue weighted by Gasteiger charge is -2.08. The van der Waals surface area contributed by atoms with Crippen LogP contribution < -0.4 is 10.1 Å².